The van der Waals surface area contributed by atoms with Crippen LogP contribution < -0.4 is 5.32 Å². The Morgan fingerprint density at radius 2 is 1.91 bits per heavy atom. The summed E-state index contributed by atoms with van der Waals surface area (Å²) in [5.41, 5.74) is 2.65. The summed E-state index contributed by atoms with van der Waals surface area (Å²) >= 11 is 0. The number of anilines is 1. The number of nitrogens with one attached hydrogen (secondary N) is 1. The standard InChI is InChI=1S/C25H27N5O3/c1-5-29(6-2)25(32)17-9-7-10-18(13-17)27-24(31)19-14-21(22-11-8-12-33-22)28-23-20(19)15-26-30(23)16(3)4/h7-16H,5-6H2,1-4H3,(H,27,31). The van der Waals surface area contributed by atoms with E-state index in [-0.39, 0.29) is 17.9 Å². The second-order valence-electron chi connectivity index (χ2n) is 7.96. The fraction of sp³-hybridized carbons (Fsp3) is 0.280. The fourth-order valence-electron chi connectivity index (χ4n) is 3.76. The van der Waals surface area contributed by atoms with Gasteiger partial charge < -0.3 is 14.6 Å². The summed E-state index contributed by atoms with van der Waals surface area (Å²) in [7, 11) is 0. The number of rotatable bonds is 7. The minimum atomic E-state index is -0.314. The highest BCUT2D eigenvalue weighted by molar-refractivity contribution is 6.13. The lowest BCUT2D eigenvalue weighted by molar-refractivity contribution is 0.0772. The normalized spacial score (nSPS) is 11.2. The van der Waals surface area contributed by atoms with Crippen LogP contribution in [0.25, 0.3) is 22.5 Å². The zero-order chi connectivity index (χ0) is 23.5. The second kappa shape index (κ2) is 9.28. The number of aromatic nitrogens is 3. The Kier molecular flexibility index (Phi) is 6.26. The van der Waals surface area contributed by atoms with Crippen molar-refractivity contribution in [1.29, 1.82) is 0 Å². The SMILES string of the molecule is CCN(CC)C(=O)c1cccc(NC(=O)c2cc(-c3ccco3)nc3c2cnn3C(C)C)c1. The van der Waals surface area contributed by atoms with Crippen LogP contribution in [-0.4, -0.2) is 44.6 Å². The Hall–Kier alpha value is -3.94. The molecule has 3 heterocycles. The minimum Gasteiger partial charge on any atom is -0.463 e. The molecule has 1 N–H and O–H groups in total. The van der Waals surface area contributed by atoms with Crippen molar-refractivity contribution in [3.8, 4) is 11.5 Å². The number of furan rings is 1. The zero-order valence-electron chi connectivity index (χ0n) is 19.2. The van der Waals surface area contributed by atoms with Gasteiger partial charge in [-0.05, 0) is 64.1 Å². The summed E-state index contributed by atoms with van der Waals surface area (Å²) < 4.78 is 7.30. The van der Waals surface area contributed by atoms with E-state index >= 15 is 0 Å². The van der Waals surface area contributed by atoms with Crippen LogP contribution >= 0.6 is 0 Å². The molecular formula is C25H27N5O3. The first-order chi connectivity index (χ1) is 15.9. The molecule has 3 aromatic heterocycles. The van der Waals surface area contributed by atoms with Crippen molar-refractivity contribution in [2.24, 2.45) is 0 Å². The highest BCUT2D eigenvalue weighted by atomic mass is 16.3. The summed E-state index contributed by atoms with van der Waals surface area (Å²) in [4.78, 5) is 32.5. The molecule has 0 aliphatic heterocycles. The molecule has 33 heavy (non-hydrogen) atoms. The van der Waals surface area contributed by atoms with E-state index in [1.54, 1.807) is 64.5 Å². The highest BCUT2D eigenvalue weighted by Crippen LogP contribution is 2.27. The van der Waals surface area contributed by atoms with E-state index < -0.39 is 0 Å². The summed E-state index contributed by atoms with van der Waals surface area (Å²) in [5, 5.41) is 8.01. The first kappa shape index (κ1) is 22.3. The van der Waals surface area contributed by atoms with Gasteiger partial charge in [0.2, 0.25) is 0 Å². The van der Waals surface area contributed by atoms with Crippen LogP contribution in [0.5, 0.6) is 0 Å². The quantitative estimate of drug-likeness (QED) is 0.432. The molecule has 0 radical (unpaired) electrons. The second-order valence-corrected chi connectivity index (χ2v) is 7.96. The van der Waals surface area contributed by atoms with Gasteiger partial charge in [0.1, 0.15) is 5.69 Å². The molecule has 0 aliphatic carbocycles. The van der Waals surface area contributed by atoms with Crippen LogP contribution in [0.3, 0.4) is 0 Å². The topological polar surface area (TPSA) is 93.3 Å². The zero-order valence-corrected chi connectivity index (χ0v) is 19.2. The summed E-state index contributed by atoms with van der Waals surface area (Å²) in [6.45, 7) is 9.13. The molecule has 0 spiro atoms. The van der Waals surface area contributed by atoms with Gasteiger partial charge >= 0.3 is 0 Å². The number of hydrogen-bond donors (Lipinski definition) is 1. The average molecular weight is 446 g/mol. The van der Waals surface area contributed by atoms with Gasteiger partial charge in [-0.25, -0.2) is 9.67 Å². The molecular weight excluding hydrogens is 418 g/mol. The van der Waals surface area contributed by atoms with E-state index in [1.165, 1.54) is 0 Å². The minimum absolute atomic E-state index is 0.0688. The maximum atomic E-state index is 13.4. The van der Waals surface area contributed by atoms with E-state index in [0.717, 1.165) is 0 Å². The van der Waals surface area contributed by atoms with Gasteiger partial charge in [-0.1, -0.05) is 6.07 Å². The third-order valence-electron chi connectivity index (χ3n) is 5.49. The third-order valence-corrected chi connectivity index (χ3v) is 5.49. The molecule has 0 unspecified atom stereocenters. The van der Waals surface area contributed by atoms with Crippen LogP contribution in [0.4, 0.5) is 5.69 Å². The Balaban J connectivity index is 1.72. The lowest BCUT2D eigenvalue weighted by Crippen LogP contribution is -2.30. The lowest BCUT2D eigenvalue weighted by Gasteiger charge is -2.19. The molecule has 0 aliphatic rings. The van der Waals surface area contributed by atoms with Gasteiger partial charge in [0.05, 0.1) is 23.4 Å². The Morgan fingerprint density at radius 3 is 2.58 bits per heavy atom. The van der Waals surface area contributed by atoms with Crippen LogP contribution in [0.15, 0.2) is 59.3 Å². The lowest BCUT2D eigenvalue weighted by atomic mass is 10.1. The summed E-state index contributed by atoms with van der Waals surface area (Å²) in [6, 6.07) is 12.3. The molecule has 2 amide bonds. The number of hydrogen-bond acceptors (Lipinski definition) is 5. The first-order valence-electron chi connectivity index (χ1n) is 11.1. The van der Waals surface area contributed by atoms with E-state index in [0.29, 0.717) is 52.4 Å². The number of amides is 2. The maximum absolute atomic E-state index is 13.4. The van der Waals surface area contributed by atoms with Crippen molar-refractivity contribution in [3.05, 3.63) is 66.1 Å². The van der Waals surface area contributed by atoms with E-state index in [4.69, 9.17) is 9.40 Å². The number of benzene rings is 1. The third kappa shape index (κ3) is 4.37. The Labute approximate surface area is 192 Å². The molecule has 170 valence electrons. The predicted octanol–water partition coefficient (Wildman–Crippen LogP) is 5.01. The number of carbonyl (C=O) groups is 2. The molecule has 4 aromatic rings. The average Bonchev–Trinajstić information content (AvgIpc) is 3.49. The number of fused-ring (bicyclic) bond motifs is 1. The van der Waals surface area contributed by atoms with Gasteiger partial charge in [0.15, 0.2) is 11.4 Å². The van der Waals surface area contributed by atoms with E-state index in [9.17, 15) is 9.59 Å². The molecule has 0 atom stereocenters. The van der Waals surface area contributed by atoms with Crippen LogP contribution in [-0.2, 0) is 0 Å². The number of pyridine rings is 1. The van der Waals surface area contributed by atoms with E-state index in [1.807, 2.05) is 27.7 Å². The smallest absolute Gasteiger partial charge is 0.256 e. The molecule has 4 rings (SSSR count). The molecule has 8 heteroatoms. The summed E-state index contributed by atoms with van der Waals surface area (Å²) in [5.74, 6) is 0.181. The molecule has 0 saturated carbocycles. The number of carbonyl (C=O) groups excluding carboxylic acids is 2. The van der Waals surface area contributed by atoms with Crippen LogP contribution in [0, 0.1) is 0 Å². The van der Waals surface area contributed by atoms with Gasteiger partial charge in [0, 0.05) is 30.4 Å². The van der Waals surface area contributed by atoms with Crippen LogP contribution in [0.1, 0.15) is 54.5 Å². The molecule has 0 bridgehead atoms. The largest absolute Gasteiger partial charge is 0.463 e. The van der Waals surface area contributed by atoms with Crippen LogP contribution in [0.2, 0.25) is 0 Å². The van der Waals surface area contributed by atoms with Gasteiger partial charge in [0.25, 0.3) is 11.8 Å². The maximum Gasteiger partial charge on any atom is 0.256 e. The van der Waals surface area contributed by atoms with Gasteiger partial charge in [-0.15, -0.1) is 0 Å². The van der Waals surface area contributed by atoms with Gasteiger partial charge in [-0.3, -0.25) is 9.59 Å². The summed E-state index contributed by atoms with van der Waals surface area (Å²) in [6.07, 6.45) is 3.22. The predicted molar refractivity (Wildman–Crippen MR) is 127 cm³/mol. The van der Waals surface area contributed by atoms with Gasteiger partial charge in [-0.2, -0.15) is 5.10 Å². The molecule has 1 aromatic carbocycles. The fourth-order valence-corrected chi connectivity index (χ4v) is 3.76. The highest BCUT2D eigenvalue weighted by Gasteiger charge is 2.20. The van der Waals surface area contributed by atoms with Crippen molar-refractivity contribution in [2.45, 2.75) is 33.7 Å². The molecule has 8 nitrogen and oxygen atoms in total. The Morgan fingerprint density at radius 1 is 1.12 bits per heavy atom. The van der Waals surface area contributed by atoms with Crippen molar-refractivity contribution < 1.29 is 14.0 Å². The van der Waals surface area contributed by atoms with Crippen molar-refractivity contribution >= 4 is 28.5 Å². The molecule has 0 saturated heterocycles. The number of nitrogens with zero attached hydrogens (tertiary/aromatic N) is 4. The first-order valence-corrected chi connectivity index (χ1v) is 11.1. The van der Waals surface area contributed by atoms with Crippen molar-refractivity contribution in [2.75, 3.05) is 18.4 Å². The monoisotopic (exact) mass is 445 g/mol. The van der Waals surface area contributed by atoms with E-state index in [2.05, 4.69) is 10.4 Å². The van der Waals surface area contributed by atoms with Crippen molar-refractivity contribution in [3.63, 3.8) is 0 Å². The van der Waals surface area contributed by atoms with Crippen molar-refractivity contribution in [1.82, 2.24) is 19.7 Å². The Bertz CT molecular complexity index is 1290. The molecule has 0 fully saturated rings.